The molecule has 3 aromatic rings. The maximum Gasteiger partial charge on any atom is 0.253 e. The van der Waals surface area contributed by atoms with Crippen molar-refractivity contribution in [2.24, 2.45) is 0 Å². The van der Waals surface area contributed by atoms with Crippen molar-refractivity contribution < 1.29 is 14.3 Å². The van der Waals surface area contributed by atoms with Gasteiger partial charge in [-0.05, 0) is 23.8 Å². The first-order valence-corrected chi connectivity index (χ1v) is 10.6. The number of carbonyl (C=O) groups is 2. The highest BCUT2D eigenvalue weighted by Gasteiger charge is 2.24. The van der Waals surface area contributed by atoms with E-state index in [9.17, 15) is 9.59 Å². The molecule has 1 aliphatic heterocycles. The molecular weight excluding hydrogens is 388 g/mol. The van der Waals surface area contributed by atoms with Gasteiger partial charge in [0.05, 0.1) is 13.0 Å². The lowest BCUT2D eigenvalue weighted by Crippen LogP contribution is -2.50. The lowest BCUT2D eigenvalue weighted by molar-refractivity contribution is -0.133. The number of rotatable bonds is 6. The van der Waals surface area contributed by atoms with Crippen molar-refractivity contribution in [2.45, 2.75) is 6.42 Å². The second-order valence-corrected chi connectivity index (χ2v) is 7.50. The third kappa shape index (κ3) is 5.12. The highest BCUT2D eigenvalue weighted by molar-refractivity contribution is 5.94. The van der Waals surface area contributed by atoms with E-state index in [1.165, 1.54) is 0 Å². The minimum Gasteiger partial charge on any atom is -0.492 e. The fraction of sp³-hybridized carbons (Fsp3) is 0.231. The van der Waals surface area contributed by atoms with Crippen molar-refractivity contribution in [3.63, 3.8) is 0 Å². The molecule has 0 saturated carbocycles. The molecule has 1 heterocycles. The van der Waals surface area contributed by atoms with E-state index in [0.29, 0.717) is 44.8 Å². The number of piperazine rings is 1. The van der Waals surface area contributed by atoms with Gasteiger partial charge in [0.25, 0.3) is 5.91 Å². The number of benzene rings is 3. The van der Waals surface area contributed by atoms with E-state index in [1.807, 2.05) is 94.7 Å². The molecule has 1 saturated heterocycles. The first-order chi connectivity index (χ1) is 15.2. The summed E-state index contributed by atoms with van der Waals surface area (Å²) in [5.74, 6) is 0.859. The highest BCUT2D eigenvalue weighted by atomic mass is 16.5. The van der Waals surface area contributed by atoms with Gasteiger partial charge in [0.15, 0.2) is 0 Å². The van der Waals surface area contributed by atoms with E-state index in [2.05, 4.69) is 0 Å². The van der Waals surface area contributed by atoms with Crippen LogP contribution < -0.4 is 4.74 Å². The molecule has 0 radical (unpaired) electrons. The molecule has 0 aromatic heterocycles. The molecule has 5 heteroatoms. The Labute approximate surface area is 182 Å². The Bertz CT molecular complexity index is 1010. The molecule has 0 atom stereocenters. The SMILES string of the molecule is O=C(CCOc1ccccc1-c1ccccc1)N1CCN(C(=O)c2ccccc2)CC1. The quantitative estimate of drug-likeness (QED) is 0.610. The fourth-order valence-corrected chi connectivity index (χ4v) is 3.78. The van der Waals surface area contributed by atoms with E-state index >= 15 is 0 Å². The van der Waals surface area contributed by atoms with Crippen LogP contribution in [0, 0.1) is 0 Å². The zero-order valence-corrected chi connectivity index (χ0v) is 17.4. The summed E-state index contributed by atoms with van der Waals surface area (Å²) in [4.78, 5) is 28.8. The number of carbonyl (C=O) groups excluding carboxylic acids is 2. The second kappa shape index (κ2) is 9.94. The third-order valence-electron chi connectivity index (χ3n) is 5.49. The van der Waals surface area contributed by atoms with Crippen molar-refractivity contribution in [3.8, 4) is 16.9 Å². The first kappa shape index (κ1) is 20.7. The van der Waals surface area contributed by atoms with Crippen molar-refractivity contribution >= 4 is 11.8 Å². The van der Waals surface area contributed by atoms with Crippen LogP contribution in [0.3, 0.4) is 0 Å². The van der Waals surface area contributed by atoms with Gasteiger partial charge in [-0.15, -0.1) is 0 Å². The van der Waals surface area contributed by atoms with Crippen LogP contribution in [-0.4, -0.2) is 54.4 Å². The van der Waals surface area contributed by atoms with E-state index < -0.39 is 0 Å². The molecule has 158 valence electrons. The number of amides is 2. The van der Waals surface area contributed by atoms with E-state index in [4.69, 9.17) is 4.74 Å². The maximum absolute atomic E-state index is 12.6. The van der Waals surface area contributed by atoms with Gasteiger partial charge in [0, 0.05) is 37.3 Å². The molecule has 0 spiro atoms. The van der Waals surface area contributed by atoms with Crippen molar-refractivity contribution in [2.75, 3.05) is 32.8 Å². The average Bonchev–Trinajstić information content (AvgIpc) is 2.85. The van der Waals surface area contributed by atoms with Gasteiger partial charge in [-0.2, -0.15) is 0 Å². The molecule has 3 aromatic carbocycles. The summed E-state index contributed by atoms with van der Waals surface area (Å²) in [7, 11) is 0. The Morgan fingerprint density at radius 3 is 2.00 bits per heavy atom. The van der Waals surface area contributed by atoms with Crippen molar-refractivity contribution in [1.82, 2.24) is 9.80 Å². The Morgan fingerprint density at radius 2 is 1.29 bits per heavy atom. The molecule has 0 bridgehead atoms. The predicted molar refractivity (Wildman–Crippen MR) is 121 cm³/mol. The smallest absolute Gasteiger partial charge is 0.253 e. The van der Waals surface area contributed by atoms with Gasteiger partial charge in [0.1, 0.15) is 5.75 Å². The number of nitrogens with zero attached hydrogens (tertiary/aromatic N) is 2. The van der Waals surface area contributed by atoms with Crippen LogP contribution in [0.15, 0.2) is 84.9 Å². The summed E-state index contributed by atoms with van der Waals surface area (Å²) in [6, 6.07) is 27.2. The van der Waals surface area contributed by atoms with Crippen LogP contribution in [0.25, 0.3) is 11.1 Å². The van der Waals surface area contributed by atoms with Crippen LogP contribution in [-0.2, 0) is 4.79 Å². The highest BCUT2D eigenvalue weighted by Crippen LogP contribution is 2.29. The molecular formula is C26H26N2O3. The molecule has 31 heavy (non-hydrogen) atoms. The Kier molecular flexibility index (Phi) is 6.62. The number of hydrogen-bond acceptors (Lipinski definition) is 3. The molecule has 1 aliphatic rings. The number of ether oxygens (including phenoxy) is 1. The predicted octanol–water partition coefficient (Wildman–Crippen LogP) is 4.11. The lowest BCUT2D eigenvalue weighted by Gasteiger charge is -2.35. The van der Waals surface area contributed by atoms with E-state index in [0.717, 1.165) is 16.9 Å². The molecule has 4 rings (SSSR count). The van der Waals surface area contributed by atoms with Gasteiger partial charge in [-0.3, -0.25) is 9.59 Å². The van der Waals surface area contributed by atoms with E-state index in [1.54, 1.807) is 0 Å². The summed E-state index contributed by atoms with van der Waals surface area (Å²) in [5.41, 5.74) is 2.79. The normalized spacial score (nSPS) is 13.7. The zero-order valence-electron chi connectivity index (χ0n) is 17.4. The molecule has 0 N–H and O–H groups in total. The largest absolute Gasteiger partial charge is 0.492 e. The van der Waals surface area contributed by atoms with Crippen LogP contribution in [0.5, 0.6) is 5.75 Å². The number of para-hydroxylation sites is 1. The van der Waals surface area contributed by atoms with Gasteiger partial charge in [-0.1, -0.05) is 66.7 Å². The third-order valence-corrected chi connectivity index (χ3v) is 5.49. The second-order valence-electron chi connectivity index (χ2n) is 7.50. The topological polar surface area (TPSA) is 49.9 Å². The van der Waals surface area contributed by atoms with Gasteiger partial charge in [-0.25, -0.2) is 0 Å². The van der Waals surface area contributed by atoms with Crippen molar-refractivity contribution in [1.29, 1.82) is 0 Å². The van der Waals surface area contributed by atoms with Crippen LogP contribution >= 0.6 is 0 Å². The summed E-state index contributed by atoms with van der Waals surface area (Å²) in [6.45, 7) is 2.54. The number of hydrogen-bond donors (Lipinski definition) is 0. The molecule has 0 aliphatic carbocycles. The monoisotopic (exact) mass is 414 g/mol. The zero-order chi connectivity index (χ0) is 21.5. The minimum absolute atomic E-state index is 0.0218. The lowest BCUT2D eigenvalue weighted by atomic mass is 10.1. The van der Waals surface area contributed by atoms with Gasteiger partial charge < -0.3 is 14.5 Å². The Hall–Kier alpha value is -3.60. The fourth-order valence-electron chi connectivity index (χ4n) is 3.78. The van der Waals surface area contributed by atoms with Crippen molar-refractivity contribution in [3.05, 3.63) is 90.5 Å². The summed E-state index contributed by atoms with van der Waals surface area (Å²) in [5, 5.41) is 0. The molecule has 5 nitrogen and oxygen atoms in total. The van der Waals surface area contributed by atoms with E-state index in [-0.39, 0.29) is 11.8 Å². The summed E-state index contributed by atoms with van der Waals surface area (Å²) in [6.07, 6.45) is 0.315. The molecule has 0 unspecified atom stereocenters. The Morgan fingerprint density at radius 1 is 0.710 bits per heavy atom. The standard InChI is InChI=1S/C26H26N2O3/c29-25(27-16-18-28(19-17-27)26(30)22-11-5-2-6-12-22)15-20-31-24-14-8-7-13-23(24)21-9-3-1-4-10-21/h1-14H,15-20H2. The van der Waals surface area contributed by atoms with Gasteiger partial charge >= 0.3 is 0 Å². The first-order valence-electron chi connectivity index (χ1n) is 10.6. The summed E-state index contributed by atoms with van der Waals surface area (Å²) >= 11 is 0. The molecule has 1 fully saturated rings. The van der Waals surface area contributed by atoms with Crippen LogP contribution in [0.1, 0.15) is 16.8 Å². The molecule has 2 amide bonds. The Balaban J connectivity index is 1.27. The van der Waals surface area contributed by atoms with Crippen LogP contribution in [0.2, 0.25) is 0 Å². The summed E-state index contributed by atoms with van der Waals surface area (Å²) < 4.78 is 5.96. The average molecular weight is 415 g/mol. The minimum atomic E-state index is 0.0218. The van der Waals surface area contributed by atoms with Crippen LogP contribution in [0.4, 0.5) is 0 Å². The van der Waals surface area contributed by atoms with Gasteiger partial charge in [0.2, 0.25) is 5.91 Å². The maximum atomic E-state index is 12.6.